The summed E-state index contributed by atoms with van der Waals surface area (Å²) in [5.41, 5.74) is 1.34. The molecule has 1 aliphatic heterocycles. The molecule has 27 heavy (non-hydrogen) atoms. The Balaban J connectivity index is 1.41. The number of aryl methyl sites for hydroxylation is 1. The van der Waals surface area contributed by atoms with Crippen molar-refractivity contribution in [3.63, 3.8) is 0 Å². The predicted octanol–water partition coefficient (Wildman–Crippen LogP) is 2.85. The number of halogens is 1. The first-order valence-electron chi connectivity index (χ1n) is 8.93. The van der Waals surface area contributed by atoms with Crippen LogP contribution in [0.5, 0.6) is 0 Å². The summed E-state index contributed by atoms with van der Waals surface area (Å²) >= 11 is 0. The topological polar surface area (TPSA) is 77.0 Å². The summed E-state index contributed by atoms with van der Waals surface area (Å²) in [5.74, 6) is 0.723. The third-order valence-corrected chi connectivity index (χ3v) is 4.86. The molecule has 1 fully saturated rings. The van der Waals surface area contributed by atoms with Gasteiger partial charge in [0.25, 0.3) is 0 Å². The molecule has 3 aromatic rings. The molecule has 0 amide bonds. The molecular weight excluding hydrogens is 349 g/mol. The number of benzene rings is 1. The van der Waals surface area contributed by atoms with Crippen LogP contribution in [-0.2, 0) is 13.6 Å². The molecule has 3 heterocycles. The van der Waals surface area contributed by atoms with E-state index in [4.69, 9.17) is 4.52 Å². The molecule has 0 saturated carbocycles. The molecule has 0 aliphatic carbocycles. The predicted molar refractivity (Wildman–Crippen MR) is 95.3 cm³/mol. The van der Waals surface area contributed by atoms with Gasteiger partial charge in [0.1, 0.15) is 5.82 Å². The summed E-state index contributed by atoms with van der Waals surface area (Å²) < 4.78 is 20.0. The summed E-state index contributed by atoms with van der Waals surface area (Å²) in [7, 11) is 1.80. The van der Waals surface area contributed by atoms with Gasteiger partial charge in [0.05, 0.1) is 18.3 Å². The fraction of sp³-hybridized carbons (Fsp3) is 0.368. The number of ketones is 1. The van der Waals surface area contributed by atoms with Crippen LogP contribution in [0.2, 0.25) is 0 Å². The van der Waals surface area contributed by atoms with E-state index in [-0.39, 0.29) is 17.6 Å². The van der Waals surface area contributed by atoms with E-state index in [1.165, 1.54) is 12.1 Å². The molecular formula is C19H20FN5O2. The van der Waals surface area contributed by atoms with Crippen molar-refractivity contribution in [2.45, 2.75) is 31.8 Å². The van der Waals surface area contributed by atoms with Crippen LogP contribution in [0.25, 0.3) is 11.4 Å². The van der Waals surface area contributed by atoms with Crippen LogP contribution in [0.4, 0.5) is 4.39 Å². The van der Waals surface area contributed by atoms with Gasteiger partial charge in [0, 0.05) is 31.3 Å². The summed E-state index contributed by atoms with van der Waals surface area (Å²) in [5, 5.41) is 8.04. The van der Waals surface area contributed by atoms with Crippen molar-refractivity contribution in [3.8, 4) is 11.4 Å². The molecule has 1 atom stereocenters. The van der Waals surface area contributed by atoms with E-state index in [2.05, 4.69) is 20.1 Å². The normalized spacial score (nSPS) is 17.5. The molecule has 1 saturated heterocycles. The van der Waals surface area contributed by atoms with Gasteiger partial charge >= 0.3 is 0 Å². The maximum atomic E-state index is 13.0. The van der Waals surface area contributed by atoms with Gasteiger partial charge in [-0.05, 0) is 43.7 Å². The van der Waals surface area contributed by atoms with E-state index < -0.39 is 0 Å². The maximum absolute atomic E-state index is 13.0. The lowest BCUT2D eigenvalue weighted by Gasteiger charge is -2.21. The van der Waals surface area contributed by atoms with Crippen LogP contribution < -0.4 is 0 Å². The molecule has 2 aromatic heterocycles. The van der Waals surface area contributed by atoms with Gasteiger partial charge in [-0.2, -0.15) is 10.1 Å². The first-order valence-corrected chi connectivity index (χ1v) is 8.93. The number of hydrogen-bond donors (Lipinski definition) is 0. The van der Waals surface area contributed by atoms with Crippen LogP contribution in [0.1, 0.15) is 35.5 Å². The highest BCUT2D eigenvalue weighted by atomic mass is 19.1. The van der Waals surface area contributed by atoms with Crippen LogP contribution in [0.3, 0.4) is 0 Å². The molecule has 4 rings (SSSR count). The van der Waals surface area contributed by atoms with Gasteiger partial charge in [-0.15, -0.1) is 0 Å². The molecule has 1 unspecified atom stereocenters. The molecule has 0 bridgehead atoms. The SMILES string of the molecule is Cn1cc(C(=O)CC2CCCN2Cc2nc(-c3ccc(F)cc3)no2)cn1. The monoisotopic (exact) mass is 369 g/mol. The zero-order valence-electron chi connectivity index (χ0n) is 15.0. The van der Waals surface area contributed by atoms with Crippen molar-refractivity contribution in [1.29, 1.82) is 0 Å². The first kappa shape index (κ1) is 17.5. The molecule has 140 valence electrons. The first-order chi connectivity index (χ1) is 13.1. The van der Waals surface area contributed by atoms with E-state index in [0.717, 1.165) is 19.4 Å². The molecule has 7 nitrogen and oxygen atoms in total. The molecule has 1 aliphatic rings. The number of rotatable bonds is 6. The molecule has 0 radical (unpaired) electrons. The van der Waals surface area contributed by atoms with Crippen molar-refractivity contribution in [1.82, 2.24) is 24.8 Å². The average molecular weight is 369 g/mol. The van der Waals surface area contributed by atoms with Crippen LogP contribution in [0, 0.1) is 5.82 Å². The Hall–Kier alpha value is -2.87. The molecule has 1 aromatic carbocycles. The maximum Gasteiger partial charge on any atom is 0.241 e. The van der Waals surface area contributed by atoms with E-state index in [0.29, 0.717) is 35.8 Å². The Bertz CT molecular complexity index is 934. The molecule has 8 heteroatoms. The summed E-state index contributed by atoms with van der Waals surface area (Å²) in [6.45, 7) is 1.39. The smallest absolute Gasteiger partial charge is 0.241 e. The summed E-state index contributed by atoms with van der Waals surface area (Å²) in [4.78, 5) is 19.1. The second-order valence-electron chi connectivity index (χ2n) is 6.82. The lowest BCUT2D eigenvalue weighted by Crippen LogP contribution is -2.31. The van der Waals surface area contributed by atoms with E-state index >= 15 is 0 Å². The number of nitrogens with zero attached hydrogens (tertiary/aromatic N) is 5. The highest BCUT2D eigenvalue weighted by Gasteiger charge is 2.28. The highest BCUT2D eigenvalue weighted by molar-refractivity contribution is 5.96. The van der Waals surface area contributed by atoms with Crippen molar-refractivity contribution >= 4 is 5.78 Å². The third kappa shape index (κ3) is 3.95. The number of hydrogen-bond acceptors (Lipinski definition) is 6. The fourth-order valence-corrected chi connectivity index (χ4v) is 3.44. The van der Waals surface area contributed by atoms with Gasteiger partial charge in [-0.1, -0.05) is 5.16 Å². The zero-order chi connectivity index (χ0) is 18.8. The highest BCUT2D eigenvalue weighted by Crippen LogP contribution is 2.24. The second kappa shape index (κ2) is 7.40. The van der Waals surface area contributed by atoms with Gasteiger partial charge in [0.2, 0.25) is 11.7 Å². The minimum atomic E-state index is -0.305. The Morgan fingerprint density at radius 1 is 1.33 bits per heavy atom. The third-order valence-electron chi connectivity index (χ3n) is 4.86. The van der Waals surface area contributed by atoms with Gasteiger partial charge in [-0.25, -0.2) is 4.39 Å². The number of carbonyl (C=O) groups is 1. The lowest BCUT2D eigenvalue weighted by atomic mass is 10.0. The van der Waals surface area contributed by atoms with E-state index in [1.807, 2.05) is 0 Å². The number of aromatic nitrogens is 4. The molecule has 0 spiro atoms. The van der Waals surface area contributed by atoms with Crippen molar-refractivity contribution in [3.05, 3.63) is 53.9 Å². The zero-order valence-corrected chi connectivity index (χ0v) is 15.0. The summed E-state index contributed by atoms with van der Waals surface area (Å²) in [6.07, 6.45) is 5.79. The van der Waals surface area contributed by atoms with Crippen molar-refractivity contribution in [2.75, 3.05) is 6.54 Å². The van der Waals surface area contributed by atoms with E-state index in [1.54, 1.807) is 36.3 Å². The Morgan fingerprint density at radius 3 is 2.89 bits per heavy atom. The van der Waals surface area contributed by atoms with Crippen molar-refractivity contribution in [2.24, 2.45) is 7.05 Å². The van der Waals surface area contributed by atoms with Crippen molar-refractivity contribution < 1.29 is 13.7 Å². The van der Waals surface area contributed by atoms with Gasteiger partial charge in [0.15, 0.2) is 5.78 Å². The Labute approximate surface area is 155 Å². The quantitative estimate of drug-likeness (QED) is 0.622. The fourth-order valence-electron chi connectivity index (χ4n) is 3.44. The number of likely N-dealkylation sites (tertiary alicyclic amines) is 1. The minimum Gasteiger partial charge on any atom is -0.338 e. The summed E-state index contributed by atoms with van der Waals surface area (Å²) in [6, 6.07) is 6.13. The number of Topliss-reactive ketones (excluding diaryl/α,β-unsaturated/α-hetero) is 1. The van der Waals surface area contributed by atoms with E-state index in [9.17, 15) is 9.18 Å². The Kier molecular flexibility index (Phi) is 4.81. The standard InChI is InChI=1S/C19H20FN5O2/c1-24-11-14(10-21-24)17(26)9-16-3-2-8-25(16)12-18-22-19(23-27-18)13-4-6-15(20)7-5-13/h4-7,10-11,16H,2-3,8-9,12H2,1H3. The largest absolute Gasteiger partial charge is 0.338 e. The van der Waals surface area contributed by atoms with Crippen LogP contribution in [-0.4, -0.2) is 43.2 Å². The average Bonchev–Trinajstić information content (AvgIpc) is 3.38. The Morgan fingerprint density at radius 2 is 2.15 bits per heavy atom. The lowest BCUT2D eigenvalue weighted by molar-refractivity contribution is 0.0932. The molecule has 0 N–H and O–H groups in total. The number of carbonyl (C=O) groups excluding carboxylic acids is 1. The van der Waals surface area contributed by atoms with Crippen LogP contribution in [0.15, 0.2) is 41.2 Å². The minimum absolute atomic E-state index is 0.0949. The van der Waals surface area contributed by atoms with Crippen LogP contribution >= 0.6 is 0 Å². The second-order valence-corrected chi connectivity index (χ2v) is 6.82. The van der Waals surface area contributed by atoms with Gasteiger partial charge in [-0.3, -0.25) is 14.4 Å². The van der Waals surface area contributed by atoms with Gasteiger partial charge < -0.3 is 4.52 Å².